The van der Waals surface area contributed by atoms with E-state index in [2.05, 4.69) is 4.98 Å². The molecule has 4 nitrogen and oxygen atoms in total. The van der Waals surface area contributed by atoms with Gasteiger partial charge in [-0.1, -0.05) is 11.3 Å². The molecule has 0 saturated heterocycles. The minimum Gasteiger partial charge on any atom is -0.459 e. The molecular formula is C7H10N2O2S. The molecule has 0 fully saturated rings. The van der Waals surface area contributed by atoms with E-state index in [4.69, 9.17) is 10.5 Å². The molecule has 1 aromatic heterocycles. The normalized spacial score (nSPS) is 10.2. The number of nitrogens with two attached hydrogens (primary N) is 1. The highest BCUT2D eigenvalue weighted by Gasteiger charge is 2.11. The van der Waals surface area contributed by atoms with Gasteiger partial charge < -0.3 is 10.5 Å². The zero-order chi connectivity index (χ0) is 9.14. The van der Waals surface area contributed by atoms with Crippen LogP contribution in [0.2, 0.25) is 0 Å². The fourth-order valence-corrected chi connectivity index (χ4v) is 1.22. The third-order valence-electron chi connectivity index (χ3n) is 1.07. The van der Waals surface area contributed by atoms with Crippen LogP contribution in [-0.2, 0) is 4.74 Å². The van der Waals surface area contributed by atoms with Gasteiger partial charge in [-0.05, 0) is 13.8 Å². The summed E-state index contributed by atoms with van der Waals surface area (Å²) >= 11 is 1.13. The Labute approximate surface area is 74.4 Å². The zero-order valence-corrected chi connectivity index (χ0v) is 7.72. The molecule has 0 atom stereocenters. The molecule has 12 heavy (non-hydrogen) atoms. The molecule has 0 aliphatic carbocycles. The Morgan fingerprint density at radius 1 is 1.75 bits per heavy atom. The Morgan fingerprint density at radius 2 is 2.42 bits per heavy atom. The summed E-state index contributed by atoms with van der Waals surface area (Å²) in [6.45, 7) is 3.59. The maximum Gasteiger partial charge on any atom is 0.350 e. The van der Waals surface area contributed by atoms with Gasteiger partial charge in [0, 0.05) is 0 Å². The van der Waals surface area contributed by atoms with Gasteiger partial charge in [0.15, 0.2) is 5.13 Å². The maximum atomic E-state index is 11.2. The first-order valence-corrected chi connectivity index (χ1v) is 4.33. The molecule has 0 aliphatic rings. The van der Waals surface area contributed by atoms with Crippen molar-refractivity contribution in [2.75, 3.05) is 5.73 Å². The molecule has 0 amide bonds. The Morgan fingerprint density at radius 3 is 2.83 bits per heavy atom. The van der Waals surface area contributed by atoms with Gasteiger partial charge >= 0.3 is 5.97 Å². The van der Waals surface area contributed by atoms with Crippen LogP contribution >= 0.6 is 11.3 Å². The Bertz CT molecular complexity index is 283. The minimum absolute atomic E-state index is 0.110. The molecule has 1 aromatic rings. The first kappa shape index (κ1) is 8.99. The molecule has 0 aromatic carbocycles. The summed E-state index contributed by atoms with van der Waals surface area (Å²) in [6, 6.07) is 0. The van der Waals surface area contributed by atoms with Crippen molar-refractivity contribution < 1.29 is 9.53 Å². The van der Waals surface area contributed by atoms with Gasteiger partial charge in [-0.25, -0.2) is 9.78 Å². The first-order chi connectivity index (χ1) is 5.59. The van der Waals surface area contributed by atoms with Gasteiger partial charge in [-0.3, -0.25) is 0 Å². The molecule has 5 heteroatoms. The van der Waals surface area contributed by atoms with E-state index in [1.807, 2.05) is 0 Å². The van der Waals surface area contributed by atoms with Gasteiger partial charge in [0.05, 0.1) is 12.3 Å². The summed E-state index contributed by atoms with van der Waals surface area (Å²) in [5.41, 5.74) is 5.35. The fourth-order valence-electron chi connectivity index (χ4n) is 0.654. The molecule has 0 saturated carbocycles. The number of carbonyl (C=O) groups is 1. The van der Waals surface area contributed by atoms with Crippen molar-refractivity contribution in [3.05, 3.63) is 11.1 Å². The van der Waals surface area contributed by atoms with Gasteiger partial charge in [-0.15, -0.1) is 0 Å². The number of nitrogen functional groups attached to an aromatic ring is 1. The van der Waals surface area contributed by atoms with Crippen LogP contribution in [0, 0.1) is 0 Å². The average molecular weight is 186 g/mol. The lowest BCUT2D eigenvalue weighted by atomic mass is 10.5. The standard InChI is InChI=1S/C7H10N2O2S/c1-4(2)11-6(10)5-3-9-7(8)12-5/h3-4H,1-2H3,(H2,8,9). The van der Waals surface area contributed by atoms with Gasteiger partial charge in [0.2, 0.25) is 0 Å². The van der Waals surface area contributed by atoms with Crippen molar-refractivity contribution in [3.8, 4) is 0 Å². The molecule has 66 valence electrons. The van der Waals surface area contributed by atoms with Crippen molar-refractivity contribution in [3.63, 3.8) is 0 Å². The van der Waals surface area contributed by atoms with E-state index in [0.717, 1.165) is 11.3 Å². The number of rotatable bonds is 2. The monoisotopic (exact) mass is 186 g/mol. The molecule has 0 bridgehead atoms. The first-order valence-electron chi connectivity index (χ1n) is 3.52. The van der Waals surface area contributed by atoms with Crippen LogP contribution in [-0.4, -0.2) is 17.1 Å². The lowest BCUT2D eigenvalue weighted by Gasteiger charge is -2.04. The summed E-state index contributed by atoms with van der Waals surface area (Å²) < 4.78 is 4.93. The third kappa shape index (κ3) is 2.20. The molecule has 0 spiro atoms. The van der Waals surface area contributed by atoms with Crippen LogP contribution in [0.1, 0.15) is 23.5 Å². The summed E-state index contributed by atoms with van der Waals surface area (Å²) in [5.74, 6) is -0.362. The van der Waals surface area contributed by atoms with E-state index in [1.54, 1.807) is 13.8 Å². The van der Waals surface area contributed by atoms with Crippen LogP contribution in [0.4, 0.5) is 5.13 Å². The number of nitrogens with zero attached hydrogens (tertiary/aromatic N) is 1. The van der Waals surface area contributed by atoms with E-state index in [1.165, 1.54) is 6.20 Å². The predicted molar refractivity (Wildman–Crippen MR) is 47.1 cm³/mol. The number of carbonyl (C=O) groups excluding carboxylic acids is 1. The van der Waals surface area contributed by atoms with Crippen molar-refractivity contribution in [1.29, 1.82) is 0 Å². The van der Waals surface area contributed by atoms with Crippen LogP contribution in [0.15, 0.2) is 6.20 Å². The molecule has 2 N–H and O–H groups in total. The number of hydrogen-bond acceptors (Lipinski definition) is 5. The average Bonchev–Trinajstić information content (AvgIpc) is 2.34. The fraction of sp³-hybridized carbons (Fsp3) is 0.429. The largest absolute Gasteiger partial charge is 0.459 e. The highest BCUT2D eigenvalue weighted by molar-refractivity contribution is 7.17. The predicted octanol–water partition coefficient (Wildman–Crippen LogP) is 1.29. The summed E-state index contributed by atoms with van der Waals surface area (Å²) in [4.78, 5) is 15.3. The highest BCUT2D eigenvalue weighted by Crippen LogP contribution is 2.15. The lowest BCUT2D eigenvalue weighted by molar-refractivity contribution is 0.0383. The summed E-state index contributed by atoms with van der Waals surface area (Å²) in [6.07, 6.45) is 1.31. The second-order valence-electron chi connectivity index (χ2n) is 2.52. The molecule has 1 heterocycles. The highest BCUT2D eigenvalue weighted by atomic mass is 32.1. The second-order valence-corrected chi connectivity index (χ2v) is 3.58. The quantitative estimate of drug-likeness (QED) is 0.707. The Kier molecular flexibility index (Phi) is 2.65. The van der Waals surface area contributed by atoms with Crippen molar-refractivity contribution in [2.45, 2.75) is 20.0 Å². The number of anilines is 1. The minimum atomic E-state index is -0.362. The smallest absolute Gasteiger partial charge is 0.350 e. The third-order valence-corrected chi connectivity index (χ3v) is 1.87. The second kappa shape index (κ2) is 3.53. The van der Waals surface area contributed by atoms with E-state index in [0.29, 0.717) is 10.0 Å². The van der Waals surface area contributed by atoms with E-state index in [9.17, 15) is 4.79 Å². The number of ether oxygens (including phenoxy) is 1. The topological polar surface area (TPSA) is 65.2 Å². The van der Waals surface area contributed by atoms with Gasteiger partial charge in [0.25, 0.3) is 0 Å². The van der Waals surface area contributed by atoms with Crippen LogP contribution in [0.3, 0.4) is 0 Å². The molecule has 0 radical (unpaired) electrons. The van der Waals surface area contributed by atoms with Crippen LogP contribution < -0.4 is 5.73 Å². The SMILES string of the molecule is CC(C)OC(=O)c1cnc(N)s1. The Balaban J connectivity index is 2.65. The number of aromatic nitrogens is 1. The molecule has 1 rings (SSSR count). The molecule has 0 unspecified atom stereocenters. The van der Waals surface area contributed by atoms with Crippen molar-refractivity contribution in [2.24, 2.45) is 0 Å². The number of thiazole rings is 1. The molecular weight excluding hydrogens is 176 g/mol. The summed E-state index contributed by atoms with van der Waals surface area (Å²) in [5, 5.41) is 0.380. The Hall–Kier alpha value is -1.10. The zero-order valence-electron chi connectivity index (χ0n) is 6.90. The van der Waals surface area contributed by atoms with Gasteiger partial charge in [-0.2, -0.15) is 0 Å². The van der Waals surface area contributed by atoms with E-state index >= 15 is 0 Å². The lowest BCUT2D eigenvalue weighted by Crippen LogP contribution is -2.09. The van der Waals surface area contributed by atoms with Gasteiger partial charge in [0.1, 0.15) is 4.88 Å². The number of esters is 1. The van der Waals surface area contributed by atoms with E-state index in [-0.39, 0.29) is 12.1 Å². The molecule has 0 aliphatic heterocycles. The summed E-state index contributed by atoms with van der Waals surface area (Å²) in [7, 11) is 0. The van der Waals surface area contributed by atoms with Crippen LogP contribution in [0.25, 0.3) is 0 Å². The maximum absolute atomic E-state index is 11.2. The number of hydrogen-bond donors (Lipinski definition) is 1. The van der Waals surface area contributed by atoms with Crippen LogP contribution in [0.5, 0.6) is 0 Å². The van der Waals surface area contributed by atoms with Crippen molar-refractivity contribution >= 4 is 22.4 Å². The van der Waals surface area contributed by atoms with Crippen molar-refractivity contribution in [1.82, 2.24) is 4.98 Å². The van der Waals surface area contributed by atoms with E-state index < -0.39 is 0 Å².